The Labute approximate surface area is 200 Å². The van der Waals surface area contributed by atoms with Gasteiger partial charge in [0.1, 0.15) is 11.5 Å². The van der Waals surface area contributed by atoms with Gasteiger partial charge in [-0.1, -0.05) is 36.4 Å². The van der Waals surface area contributed by atoms with Crippen molar-refractivity contribution in [2.24, 2.45) is 0 Å². The van der Waals surface area contributed by atoms with E-state index in [-0.39, 0.29) is 5.91 Å². The zero-order valence-corrected chi connectivity index (χ0v) is 20.1. The summed E-state index contributed by atoms with van der Waals surface area (Å²) in [4.78, 5) is 24.3. The van der Waals surface area contributed by atoms with Gasteiger partial charge < -0.3 is 19.5 Å². The lowest BCUT2D eigenvalue weighted by Gasteiger charge is -2.24. The van der Waals surface area contributed by atoms with Crippen LogP contribution in [0.2, 0.25) is 0 Å². The quantitative estimate of drug-likeness (QED) is 0.428. The first kappa shape index (κ1) is 24.8. The molecule has 0 aromatic heterocycles. The number of methoxy groups -OCH3 is 1. The summed E-state index contributed by atoms with van der Waals surface area (Å²) in [6.45, 7) is 6.02. The fourth-order valence-electron chi connectivity index (χ4n) is 3.39. The highest BCUT2D eigenvalue weighted by Crippen LogP contribution is 2.25. The Kier molecular flexibility index (Phi) is 8.30. The van der Waals surface area contributed by atoms with Crippen LogP contribution in [0.4, 0.5) is 0 Å². The Bertz CT molecular complexity index is 1090. The lowest BCUT2D eigenvalue weighted by Crippen LogP contribution is -2.39. The highest BCUT2D eigenvalue weighted by molar-refractivity contribution is 5.94. The second-order valence-electron chi connectivity index (χ2n) is 8.29. The first-order chi connectivity index (χ1) is 16.3. The molecule has 0 aliphatic heterocycles. The molecule has 3 aromatic rings. The molecule has 3 rings (SSSR count). The Balaban J connectivity index is 1.52. The topological polar surface area (TPSA) is 73.9 Å². The molecule has 1 N–H and O–H groups in total. The predicted molar refractivity (Wildman–Crippen MR) is 132 cm³/mol. The van der Waals surface area contributed by atoms with Gasteiger partial charge in [0.05, 0.1) is 13.7 Å². The van der Waals surface area contributed by atoms with E-state index in [0.29, 0.717) is 24.5 Å². The average Bonchev–Trinajstić information content (AvgIpc) is 2.85. The number of rotatable bonds is 10. The third-order valence-electron chi connectivity index (χ3n) is 5.33. The van der Waals surface area contributed by atoms with Crippen LogP contribution < -0.4 is 14.8 Å². The van der Waals surface area contributed by atoms with Crippen LogP contribution >= 0.6 is 0 Å². The molecule has 6 nitrogen and oxygen atoms in total. The summed E-state index contributed by atoms with van der Waals surface area (Å²) in [5.41, 5.74) is 2.80. The van der Waals surface area contributed by atoms with Crippen molar-refractivity contribution in [2.45, 2.75) is 32.8 Å². The molecule has 0 fully saturated rings. The Morgan fingerprint density at radius 1 is 0.824 bits per heavy atom. The molecule has 1 amide bonds. The van der Waals surface area contributed by atoms with Crippen LogP contribution in [0.5, 0.6) is 11.5 Å². The van der Waals surface area contributed by atoms with Crippen molar-refractivity contribution in [1.82, 2.24) is 5.32 Å². The lowest BCUT2D eigenvalue weighted by molar-refractivity contribution is -0.158. The molecule has 0 saturated carbocycles. The highest BCUT2D eigenvalue weighted by atomic mass is 16.6. The molecule has 0 heterocycles. The lowest BCUT2D eigenvalue weighted by atomic mass is 10.0. The minimum absolute atomic E-state index is 0.104. The standard InChI is InChI=1S/C28H31NO5/c1-5-33-27(31)28(2,3)34-25-16-10-22(11-17-25)21-8-6-20(7-9-21)18-19-29-26(30)23-12-14-24(32-4)15-13-23/h6-17H,5,18-19H2,1-4H3,(H,29,30). The predicted octanol–water partition coefficient (Wildman–Crippen LogP) is 5.06. The fraction of sp³-hybridized carbons (Fsp3) is 0.286. The van der Waals surface area contributed by atoms with Crippen LogP contribution in [0.25, 0.3) is 11.1 Å². The second kappa shape index (κ2) is 11.4. The van der Waals surface area contributed by atoms with Crippen molar-refractivity contribution in [1.29, 1.82) is 0 Å². The number of amides is 1. The van der Waals surface area contributed by atoms with Gasteiger partial charge in [-0.25, -0.2) is 4.79 Å². The van der Waals surface area contributed by atoms with Gasteiger partial charge in [-0.05, 0) is 80.3 Å². The van der Waals surface area contributed by atoms with Gasteiger partial charge in [-0.15, -0.1) is 0 Å². The summed E-state index contributed by atoms with van der Waals surface area (Å²) in [6, 6.07) is 22.9. The Morgan fingerprint density at radius 3 is 1.94 bits per heavy atom. The summed E-state index contributed by atoms with van der Waals surface area (Å²) in [7, 11) is 1.60. The minimum atomic E-state index is -1.05. The smallest absolute Gasteiger partial charge is 0.349 e. The van der Waals surface area contributed by atoms with Crippen LogP contribution in [-0.4, -0.2) is 37.7 Å². The molecule has 0 bridgehead atoms. The molecular weight excluding hydrogens is 430 g/mol. The summed E-state index contributed by atoms with van der Waals surface area (Å²) in [6.07, 6.45) is 0.734. The van der Waals surface area contributed by atoms with Gasteiger partial charge in [0, 0.05) is 12.1 Å². The SMILES string of the molecule is CCOC(=O)C(C)(C)Oc1ccc(-c2ccc(CCNC(=O)c3ccc(OC)cc3)cc2)cc1. The van der Waals surface area contributed by atoms with Gasteiger partial charge in [0.2, 0.25) is 0 Å². The van der Waals surface area contributed by atoms with Crippen LogP contribution in [0.15, 0.2) is 72.8 Å². The molecule has 0 saturated heterocycles. The third kappa shape index (κ3) is 6.61. The maximum atomic E-state index is 12.3. The second-order valence-corrected chi connectivity index (χ2v) is 8.29. The van der Waals surface area contributed by atoms with Gasteiger partial charge in [0.25, 0.3) is 5.91 Å². The maximum Gasteiger partial charge on any atom is 0.349 e. The summed E-state index contributed by atoms with van der Waals surface area (Å²) >= 11 is 0. The number of nitrogens with one attached hydrogen (secondary N) is 1. The van der Waals surface area contributed by atoms with Gasteiger partial charge in [-0.2, -0.15) is 0 Å². The van der Waals surface area contributed by atoms with Crippen molar-refractivity contribution in [2.75, 3.05) is 20.3 Å². The molecule has 0 aliphatic rings. The third-order valence-corrected chi connectivity index (χ3v) is 5.33. The average molecular weight is 462 g/mol. The number of hydrogen-bond acceptors (Lipinski definition) is 5. The monoisotopic (exact) mass is 461 g/mol. The first-order valence-electron chi connectivity index (χ1n) is 11.3. The number of carbonyl (C=O) groups is 2. The zero-order chi connectivity index (χ0) is 24.6. The van der Waals surface area contributed by atoms with E-state index in [1.54, 1.807) is 52.1 Å². The van der Waals surface area contributed by atoms with E-state index in [9.17, 15) is 9.59 Å². The molecule has 6 heteroatoms. The molecule has 178 valence electrons. The zero-order valence-electron chi connectivity index (χ0n) is 20.1. The van der Waals surface area contributed by atoms with Crippen molar-refractivity contribution >= 4 is 11.9 Å². The summed E-state index contributed by atoms with van der Waals surface area (Å²) < 4.78 is 16.0. The number of hydrogen-bond donors (Lipinski definition) is 1. The van der Waals surface area contributed by atoms with E-state index in [0.717, 1.165) is 28.9 Å². The van der Waals surface area contributed by atoms with Gasteiger partial charge >= 0.3 is 5.97 Å². The van der Waals surface area contributed by atoms with E-state index >= 15 is 0 Å². The Morgan fingerprint density at radius 2 is 1.38 bits per heavy atom. The summed E-state index contributed by atoms with van der Waals surface area (Å²) in [5.74, 6) is 0.827. The fourth-order valence-corrected chi connectivity index (χ4v) is 3.39. The number of ether oxygens (including phenoxy) is 3. The number of carbonyl (C=O) groups excluding carboxylic acids is 2. The van der Waals surface area contributed by atoms with Gasteiger partial charge in [0.15, 0.2) is 5.60 Å². The molecule has 34 heavy (non-hydrogen) atoms. The Hall–Kier alpha value is -3.80. The normalized spacial score (nSPS) is 10.9. The van der Waals surface area contributed by atoms with E-state index < -0.39 is 11.6 Å². The minimum Gasteiger partial charge on any atom is -0.497 e. The number of esters is 1. The highest BCUT2D eigenvalue weighted by Gasteiger charge is 2.31. The van der Waals surface area contributed by atoms with Crippen molar-refractivity contribution < 1.29 is 23.8 Å². The van der Waals surface area contributed by atoms with Crippen molar-refractivity contribution in [3.8, 4) is 22.6 Å². The van der Waals surface area contributed by atoms with E-state index in [1.165, 1.54) is 0 Å². The van der Waals surface area contributed by atoms with Crippen LogP contribution in [0.3, 0.4) is 0 Å². The number of benzene rings is 3. The maximum absolute atomic E-state index is 12.3. The molecule has 0 atom stereocenters. The first-order valence-corrected chi connectivity index (χ1v) is 11.3. The molecule has 0 unspecified atom stereocenters. The molecule has 0 aliphatic carbocycles. The van der Waals surface area contributed by atoms with E-state index in [1.807, 2.05) is 24.3 Å². The molecule has 0 spiro atoms. The van der Waals surface area contributed by atoms with Crippen LogP contribution in [0, 0.1) is 0 Å². The molecule has 3 aromatic carbocycles. The van der Waals surface area contributed by atoms with Gasteiger partial charge in [-0.3, -0.25) is 4.79 Å². The summed E-state index contributed by atoms with van der Waals surface area (Å²) in [5, 5.41) is 2.95. The van der Waals surface area contributed by atoms with E-state index in [2.05, 4.69) is 29.6 Å². The van der Waals surface area contributed by atoms with Crippen LogP contribution in [-0.2, 0) is 16.0 Å². The van der Waals surface area contributed by atoms with Crippen molar-refractivity contribution in [3.05, 3.63) is 83.9 Å². The molecule has 0 radical (unpaired) electrons. The van der Waals surface area contributed by atoms with Crippen LogP contribution in [0.1, 0.15) is 36.7 Å². The van der Waals surface area contributed by atoms with E-state index in [4.69, 9.17) is 14.2 Å². The largest absolute Gasteiger partial charge is 0.497 e. The molecular formula is C28H31NO5. The van der Waals surface area contributed by atoms with Crippen molar-refractivity contribution in [3.63, 3.8) is 0 Å².